The maximum absolute atomic E-state index is 12.9. The number of amides is 1. The summed E-state index contributed by atoms with van der Waals surface area (Å²) in [6.07, 6.45) is 1.51. The van der Waals surface area contributed by atoms with Crippen molar-refractivity contribution in [2.75, 3.05) is 11.4 Å². The number of carbonyl (C=O) groups is 1. The lowest BCUT2D eigenvalue weighted by Gasteiger charge is -2.20. The van der Waals surface area contributed by atoms with E-state index in [-0.39, 0.29) is 22.0 Å². The molecule has 0 spiro atoms. The van der Waals surface area contributed by atoms with E-state index in [1.54, 1.807) is 42.5 Å². The highest BCUT2D eigenvalue weighted by Gasteiger charge is 2.23. The maximum Gasteiger partial charge on any atom is 0.264 e. The predicted octanol–water partition coefficient (Wildman–Crippen LogP) is 4.00. The number of nitrogens with zero attached hydrogens (tertiary/aromatic N) is 1. The van der Waals surface area contributed by atoms with Gasteiger partial charge in [-0.3, -0.25) is 9.10 Å². The molecule has 3 rings (SSSR count). The van der Waals surface area contributed by atoms with Crippen LogP contribution in [0.15, 0.2) is 70.2 Å². The molecule has 2 aromatic carbocycles. The molecule has 1 amide bonds. The first-order chi connectivity index (χ1) is 13.3. The fourth-order valence-corrected chi connectivity index (χ4v) is 3.96. The molecule has 28 heavy (non-hydrogen) atoms. The van der Waals surface area contributed by atoms with Crippen LogP contribution in [-0.4, -0.2) is 21.4 Å². The highest BCUT2D eigenvalue weighted by molar-refractivity contribution is 7.92. The highest BCUT2D eigenvalue weighted by atomic mass is 35.5. The first-order valence-electron chi connectivity index (χ1n) is 8.45. The van der Waals surface area contributed by atoms with E-state index in [0.29, 0.717) is 11.4 Å². The van der Waals surface area contributed by atoms with Gasteiger partial charge in [0, 0.05) is 7.05 Å². The average Bonchev–Trinajstić information content (AvgIpc) is 3.20. The van der Waals surface area contributed by atoms with Crippen molar-refractivity contribution in [3.8, 4) is 0 Å². The molecule has 1 N–H and O–H groups in total. The van der Waals surface area contributed by atoms with Gasteiger partial charge in [0.25, 0.3) is 15.9 Å². The van der Waals surface area contributed by atoms with E-state index in [9.17, 15) is 13.2 Å². The Bertz CT molecular complexity index is 1080. The Hall–Kier alpha value is -2.77. The smallest absolute Gasteiger partial charge is 0.264 e. The lowest BCUT2D eigenvalue weighted by Crippen LogP contribution is -2.27. The molecule has 0 aliphatic rings. The third-order valence-corrected chi connectivity index (χ3v) is 6.37. The summed E-state index contributed by atoms with van der Waals surface area (Å²) >= 11 is 6.15. The van der Waals surface area contributed by atoms with Gasteiger partial charge in [-0.1, -0.05) is 29.3 Å². The van der Waals surface area contributed by atoms with Crippen molar-refractivity contribution < 1.29 is 17.6 Å². The number of nitrogens with one attached hydrogen (secondary N) is 1. The van der Waals surface area contributed by atoms with E-state index in [0.717, 1.165) is 9.87 Å². The van der Waals surface area contributed by atoms with Crippen molar-refractivity contribution in [3.05, 3.63) is 82.8 Å². The zero-order chi connectivity index (χ0) is 20.3. The van der Waals surface area contributed by atoms with Crippen LogP contribution in [0.4, 0.5) is 5.69 Å². The number of aryl methyl sites for hydroxylation is 1. The summed E-state index contributed by atoms with van der Waals surface area (Å²) in [5.41, 5.74) is 1.47. The number of anilines is 1. The molecule has 146 valence electrons. The Morgan fingerprint density at radius 2 is 1.86 bits per heavy atom. The summed E-state index contributed by atoms with van der Waals surface area (Å²) in [4.78, 5) is 12.7. The SMILES string of the molecule is Cc1ccc(S(=O)(=O)N(C)c2ccc(Cl)c(C(=O)NCc3ccco3)c2)cc1. The molecule has 0 radical (unpaired) electrons. The van der Waals surface area contributed by atoms with E-state index < -0.39 is 15.9 Å². The molecule has 0 aliphatic heterocycles. The number of hydrogen-bond donors (Lipinski definition) is 1. The van der Waals surface area contributed by atoms with Crippen molar-refractivity contribution in [2.45, 2.75) is 18.4 Å². The maximum atomic E-state index is 12.9. The third kappa shape index (κ3) is 4.21. The number of carbonyl (C=O) groups excluding carboxylic acids is 1. The van der Waals surface area contributed by atoms with Gasteiger partial charge >= 0.3 is 0 Å². The quantitative estimate of drug-likeness (QED) is 0.656. The molecular weight excluding hydrogens is 400 g/mol. The second-order valence-corrected chi connectivity index (χ2v) is 8.59. The molecular formula is C20H19ClN2O4S. The van der Waals surface area contributed by atoms with Gasteiger partial charge in [-0.25, -0.2) is 8.42 Å². The number of halogens is 1. The van der Waals surface area contributed by atoms with Crippen LogP contribution in [0.1, 0.15) is 21.7 Å². The Morgan fingerprint density at radius 1 is 1.14 bits per heavy atom. The summed E-state index contributed by atoms with van der Waals surface area (Å²) in [5.74, 6) is 0.170. The summed E-state index contributed by atoms with van der Waals surface area (Å²) in [5, 5.41) is 2.92. The van der Waals surface area contributed by atoms with Crippen LogP contribution >= 0.6 is 11.6 Å². The molecule has 1 aromatic heterocycles. The lowest BCUT2D eigenvalue weighted by molar-refractivity contribution is 0.0948. The van der Waals surface area contributed by atoms with Crippen molar-refractivity contribution in [3.63, 3.8) is 0 Å². The molecule has 0 saturated carbocycles. The first kappa shape index (κ1) is 20.0. The Balaban J connectivity index is 1.85. The summed E-state index contributed by atoms with van der Waals surface area (Å²) in [7, 11) is -2.33. The first-order valence-corrected chi connectivity index (χ1v) is 10.3. The zero-order valence-electron chi connectivity index (χ0n) is 15.3. The molecule has 0 aliphatic carbocycles. The average molecular weight is 419 g/mol. The van der Waals surface area contributed by atoms with Gasteiger partial charge in [0.05, 0.1) is 34.0 Å². The minimum absolute atomic E-state index is 0.166. The minimum Gasteiger partial charge on any atom is -0.467 e. The number of sulfonamides is 1. The van der Waals surface area contributed by atoms with Crippen LogP contribution < -0.4 is 9.62 Å². The molecule has 0 unspecified atom stereocenters. The number of rotatable bonds is 6. The van der Waals surface area contributed by atoms with Crippen molar-refractivity contribution in [1.82, 2.24) is 5.32 Å². The van der Waals surface area contributed by atoms with E-state index >= 15 is 0 Å². The normalized spacial score (nSPS) is 11.2. The van der Waals surface area contributed by atoms with E-state index in [1.807, 2.05) is 6.92 Å². The third-order valence-electron chi connectivity index (χ3n) is 4.24. The molecule has 0 atom stereocenters. The van der Waals surface area contributed by atoms with Gasteiger partial charge in [0.1, 0.15) is 5.76 Å². The van der Waals surface area contributed by atoms with Crippen molar-refractivity contribution >= 4 is 33.2 Å². The molecule has 0 fully saturated rings. The topological polar surface area (TPSA) is 79.6 Å². The van der Waals surface area contributed by atoms with Gasteiger partial charge < -0.3 is 9.73 Å². The van der Waals surface area contributed by atoms with E-state index in [2.05, 4.69) is 5.32 Å². The van der Waals surface area contributed by atoms with Gasteiger partial charge in [-0.2, -0.15) is 0 Å². The van der Waals surface area contributed by atoms with E-state index in [4.69, 9.17) is 16.0 Å². The molecule has 3 aromatic rings. The van der Waals surface area contributed by atoms with Gasteiger partial charge in [0.15, 0.2) is 0 Å². The second kappa shape index (κ2) is 8.08. The Morgan fingerprint density at radius 3 is 2.50 bits per heavy atom. The van der Waals surface area contributed by atoms with Crippen LogP contribution in [-0.2, 0) is 16.6 Å². The van der Waals surface area contributed by atoms with Gasteiger partial charge in [0.2, 0.25) is 0 Å². The number of furan rings is 1. The standard InChI is InChI=1S/C20H19ClN2O4S/c1-14-5-8-17(9-6-14)28(25,26)23(2)15-7-10-19(21)18(12-15)20(24)22-13-16-4-3-11-27-16/h3-12H,13H2,1-2H3,(H,22,24). The van der Waals surface area contributed by atoms with Crippen LogP contribution in [0.3, 0.4) is 0 Å². The highest BCUT2D eigenvalue weighted by Crippen LogP contribution is 2.27. The zero-order valence-corrected chi connectivity index (χ0v) is 16.9. The van der Waals surface area contributed by atoms with Crippen molar-refractivity contribution in [2.24, 2.45) is 0 Å². The molecule has 6 nitrogen and oxygen atoms in total. The Labute approximate surface area is 168 Å². The lowest BCUT2D eigenvalue weighted by atomic mass is 10.2. The van der Waals surface area contributed by atoms with Crippen molar-refractivity contribution in [1.29, 1.82) is 0 Å². The largest absolute Gasteiger partial charge is 0.467 e. The molecule has 0 saturated heterocycles. The van der Waals surface area contributed by atoms with Gasteiger partial charge in [-0.15, -0.1) is 0 Å². The van der Waals surface area contributed by atoms with Crippen LogP contribution in [0, 0.1) is 6.92 Å². The van der Waals surface area contributed by atoms with Crippen LogP contribution in [0.2, 0.25) is 5.02 Å². The summed E-state index contributed by atoms with van der Waals surface area (Å²) in [6, 6.07) is 14.5. The summed E-state index contributed by atoms with van der Waals surface area (Å²) < 4.78 is 32.0. The monoisotopic (exact) mass is 418 g/mol. The van der Waals surface area contributed by atoms with E-state index in [1.165, 1.54) is 25.4 Å². The fraction of sp³-hybridized carbons (Fsp3) is 0.150. The van der Waals surface area contributed by atoms with Crippen LogP contribution in [0.5, 0.6) is 0 Å². The second-order valence-electron chi connectivity index (χ2n) is 6.21. The van der Waals surface area contributed by atoms with Crippen LogP contribution in [0.25, 0.3) is 0 Å². The fourth-order valence-electron chi connectivity index (χ4n) is 2.57. The Kier molecular flexibility index (Phi) is 5.76. The summed E-state index contributed by atoms with van der Waals surface area (Å²) in [6.45, 7) is 2.08. The number of hydrogen-bond acceptors (Lipinski definition) is 4. The molecule has 0 bridgehead atoms. The van der Waals surface area contributed by atoms with Gasteiger partial charge in [-0.05, 0) is 49.4 Å². The molecule has 8 heteroatoms. The minimum atomic E-state index is -3.77. The molecule has 1 heterocycles. The number of benzene rings is 2. The predicted molar refractivity (Wildman–Crippen MR) is 108 cm³/mol.